The summed E-state index contributed by atoms with van der Waals surface area (Å²) < 4.78 is 5.42. The zero-order chi connectivity index (χ0) is 15.8. The van der Waals surface area contributed by atoms with Crippen LogP contribution in [0.1, 0.15) is 45.6 Å². The molecule has 2 N–H and O–H groups in total. The number of carbonyl (C=O) groups excluding carboxylic acids is 1. The molecule has 2 fully saturated rings. The van der Waals surface area contributed by atoms with E-state index in [0.717, 1.165) is 19.3 Å². The minimum absolute atomic E-state index is 0.0249. The number of hydrogen-bond donors (Lipinski definition) is 2. The van der Waals surface area contributed by atoms with Crippen LogP contribution in [-0.4, -0.2) is 29.3 Å². The van der Waals surface area contributed by atoms with Crippen LogP contribution in [0, 0.1) is 0 Å². The largest absolute Gasteiger partial charge is 0.444 e. The zero-order valence-electron chi connectivity index (χ0n) is 13.7. The standard InChI is InChI=1S/C18H26N2O2/c1-17(2,3)22-16(21)19-15-11-14-9-10-18(15,20-14)12-13-7-5-4-6-8-13/h4-8,14-15,20H,9-12H2,1-3H3,(H,19,21)/t14-,15+,18+/m1/s1. The fraction of sp³-hybridized carbons (Fsp3) is 0.611. The average molecular weight is 302 g/mol. The number of ether oxygens (including phenoxy) is 1. The molecule has 120 valence electrons. The van der Waals surface area contributed by atoms with Crippen LogP contribution in [0.2, 0.25) is 0 Å². The number of benzene rings is 1. The van der Waals surface area contributed by atoms with Gasteiger partial charge in [0.2, 0.25) is 0 Å². The fourth-order valence-electron chi connectivity index (χ4n) is 3.81. The van der Waals surface area contributed by atoms with Crippen molar-refractivity contribution in [2.75, 3.05) is 0 Å². The van der Waals surface area contributed by atoms with Gasteiger partial charge in [-0.2, -0.15) is 0 Å². The van der Waals surface area contributed by atoms with E-state index in [4.69, 9.17) is 4.74 Å². The van der Waals surface area contributed by atoms with Crippen LogP contribution in [0.4, 0.5) is 4.79 Å². The van der Waals surface area contributed by atoms with Crippen LogP contribution in [0.5, 0.6) is 0 Å². The summed E-state index contributed by atoms with van der Waals surface area (Å²) in [5.74, 6) is 0. The number of hydrogen-bond acceptors (Lipinski definition) is 3. The maximum Gasteiger partial charge on any atom is 0.407 e. The van der Waals surface area contributed by atoms with E-state index < -0.39 is 5.60 Å². The van der Waals surface area contributed by atoms with Gasteiger partial charge in [0.15, 0.2) is 0 Å². The van der Waals surface area contributed by atoms with Crippen LogP contribution < -0.4 is 10.6 Å². The maximum absolute atomic E-state index is 12.1. The molecule has 2 bridgehead atoms. The molecule has 4 nitrogen and oxygen atoms in total. The Balaban J connectivity index is 1.70. The van der Waals surface area contributed by atoms with Crippen molar-refractivity contribution in [3.8, 4) is 0 Å². The molecule has 0 aromatic heterocycles. The molecule has 1 amide bonds. The number of alkyl carbamates (subject to hydrolysis) is 1. The lowest BCUT2D eigenvalue weighted by Gasteiger charge is -2.35. The molecule has 2 aliphatic rings. The highest BCUT2D eigenvalue weighted by atomic mass is 16.6. The molecule has 1 aromatic rings. The van der Waals surface area contributed by atoms with E-state index >= 15 is 0 Å². The maximum atomic E-state index is 12.1. The molecule has 2 aliphatic heterocycles. The molecular weight excluding hydrogens is 276 g/mol. The third kappa shape index (κ3) is 3.27. The van der Waals surface area contributed by atoms with E-state index in [1.807, 2.05) is 26.8 Å². The Morgan fingerprint density at radius 2 is 2.09 bits per heavy atom. The van der Waals surface area contributed by atoms with E-state index in [-0.39, 0.29) is 17.7 Å². The van der Waals surface area contributed by atoms with Gasteiger partial charge in [0.25, 0.3) is 0 Å². The lowest BCUT2D eigenvalue weighted by atomic mass is 9.79. The van der Waals surface area contributed by atoms with Crippen molar-refractivity contribution in [3.05, 3.63) is 35.9 Å². The van der Waals surface area contributed by atoms with Gasteiger partial charge in [0, 0.05) is 11.6 Å². The van der Waals surface area contributed by atoms with Crippen LogP contribution in [0.15, 0.2) is 30.3 Å². The smallest absolute Gasteiger partial charge is 0.407 e. The van der Waals surface area contributed by atoms with Crippen molar-refractivity contribution < 1.29 is 9.53 Å². The van der Waals surface area contributed by atoms with Gasteiger partial charge in [0.1, 0.15) is 5.60 Å². The van der Waals surface area contributed by atoms with Gasteiger partial charge < -0.3 is 15.4 Å². The van der Waals surface area contributed by atoms with E-state index in [1.54, 1.807) is 0 Å². The number of nitrogens with one attached hydrogen (secondary N) is 2. The van der Waals surface area contributed by atoms with E-state index in [0.29, 0.717) is 6.04 Å². The second-order valence-electron chi connectivity index (χ2n) is 7.63. The molecule has 0 saturated carbocycles. The third-order valence-electron chi connectivity index (χ3n) is 4.67. The van der Waals surface area contributed by atoms with Crippen molar-refractivity contribution in [2.24, 2.45) is 0 Å². The van der Waals surface area contributed by atoms with Crippen molar-refractivity contribution in [3.63, 3.8) is 0 Å². The lowest BCUT2D eigenvalue weighted by Crippen LogP contribution is -2.55. The fourth-order valence-corrected chi connectivity index (χ4v) is 3.81. The number of fused-ring (bicyclic) bond motifs is 2. The zero-order valence-corrected chi connectivity index (χ0v) is 13.7. The third-order valence-corrected chi connectivity index (χ3v) is 4.67. The minimum Gasteiger partial charge on any atom is -0.444 e. The topological polar surface area (TPSA) is 50.4 Å². The minimum atomic E-state index is -0.457. The van der Waals surface area contributed by atoms with Gasteiger partial charge in [-0.3, -0.25) is 0 Å². The number of amides is 1. The Labute approximate surface area is 132 Å². The normalized spacial score (nSPS) is 30.3. The van der Waals surface area contributed by atoms with Crippen LogP contribution >= 0.6 is 0 Å². The summed E-state index contributed by atoms with van der Waals surface area (Å²) in [6, 6.07) is 11.2. The SMILES string of the molecule is CC(C)(C)OC(=O)N[C@H]1C[C@H]2CC[C@@]1(Cc1ccccc1)N2. The monoisotopic (exact) mass is 302 g/mol. The second kappa shape index (κ2) is 5.58. The summed E-state index contributed by atoms with van der Waals surface area (Å²) in [6.45, 7) is 5.68. The molecule has 4 heteroatoms. The summed E-state index contributed by atoms with van der Waals surface area (Å²) in [5.41, 5.74) is 0.832. The Bertz CT molecular complexity index is 538. The predicted octanol–water partition coefficient (Wildman–Crippen LogP) is 3.02. The number of carbonyl (C=O) groups is 1. The molecule has 0 unspecified atom stereocenters. The van der Waals surface area contributed by atoms with E-state index in [9.17, 15) is 4.79 Å². The van der Waals surface area contributed by atoms with Crippen LogP contribution in [0.25, 0.3) is 0 Å². The summed E-state index contributed by atoms with van der Waals surface area (Å²) in [5, 5.41) is 6.84. The summed E-state index contributed by atoms with van der Waals surface area (Å²) in [6.07, 6.45) is 3.93. The van der Waals surface area contributed by atoms with Crippen LogP contribution in [-0.2, 0) is 11.2 Å². The Kier molecular flexibility index (Phi) is 3.89. The first kappa shape index (κ1) is 15.3. The molecule has 3 rings (SSSR count). The van der Waals surface area contributed by atoms with E-state index in [2.05, 4.69) is 34.9 Å². The highest BCUT2D eigenvalue weighted by Gasteiger charge is 2.52. The van der Waals surface area contributed by atoms with Crippen molar-refractivity contribution in [1.29, 1.82) is 0 Å². The lowest BCUT2D eigenvalue weighted by molar-refractivity contribution is 0.0477. The first-order valence-corrected chi connectivity index (χ1v) is 8.17. The molecule has 0 spiro atoms. The summed E-state index contributed by atoms with van der Waals surface area (Å²) >= 11 is 0. The summed E-state index contributed by atoms with van der Waals surface area (Å²) in [4.78, 5) is 12.1. The van der Waals surface area contributed by atoms with Crippen molar-refractivity contribution in [2.45, 2.75) is 69.7 Å². The van der Waals surface area contributed by atoms with Gasteiger partial charge in [0.05, 0.1) is 6.04 Å². The molecule has 3 atom stereocenters. The highest BCUT2D eigenvalue weighted by molar-refractivity contribution is 5.68. The van der Waals surface area contributed by atoms with Crippen molar-refractivity contribution in [1.82, 2.24) is 10.6 Å². The van der Waals surface area contributed by atoms with E-state index in [1.165, 1.54) is 12.0 Å². The van der Waals surface area contributed by atoms with Gasteiger partial charge in [-0.25, -0.2) is 4.79 Å². The molecule has 0 aliphatic carbocycles. The molecule has 0 radical (unpaired) electrons. The Hall–Kier alpha value is -1.55. The first-order chi connectivity index (χ1) is 10.4. The van der Waals surface area contributed by atoms with Gasteiger partial charge in [-0.1, -0.05) is 30.3 Å². The second-order valence-corrected chi connectivity index (χ2v) is 7.63. The van der Waals surface area contributed by atoms with Crippen molar-refractivity contribution >= 4 is 6.09 Å². The molecular formula is C18H26N2O2. The predicted molar refractivity (Wildman–Crippen MR) is 86.8 cm³/mol. The number of rotatable bonds is 3. The van der Waals surface area contributed by atoms with Gasteiger partial charge in [-0.15, -0.1) is 0 Å². The highest BCUT2D eigenvalue weighted by Crippen LogP contribution is 2.40. The molecule has 22 heavy (non-hydrogen) atoms. The van der Waals surface area contributed by atoms with Gasteiger partial charge >= 0.3 is 6.09 Å². The quantitative estimate of drug-likeness (QED) is 0.902. The first-order valence-electron chi connectivity index (χ1n) is 8.17. The Morgan fingerprint density at radius 3 is 2.73 bits per heavy atom. The van der Waals surface area contributed by atoms with Crippen LogP contribution in [0.3, 0.4) is 0 Å². The summed E-state index contributed by atoms with van der Waals surface area (Å²) in [7, 11) is 0. The Morgan fingerprint density at radius 1 is 1.36 bits per heavy atom. The average Bonchev–Trinajstić information content (AvgIpc) is 2.95. The molecule has 2 saturated heterocycles. The molecule has 2 heterocycles. The molecule has 1 aromatic carbocycles. The van der Waals surface area contributed by atoms with Gasteiger partial charge in [-0.05, 0) is 52.0 Å².